The fourth-order valence-corrected chi connectivity index (χ4v) is 2.19. The number of nitrogens with zero attached hydrogens (tertiary/aromatic N) is 2. The van der Waals surface area contributed by atoms with Crippen molar-refractivity contribution in [2.75, 3.05) is 12.8 Å². The topological polar surface area (TPSA) is 70.1 Å². The molecule has 0 aliphatic rings. The molecule has 0 radical (unpaired) electrons. The number of nitrogens with two attached hydrogens (primary N) is 1. The Kier molecular flexibility index (Phi) is 3.62. The van der Waals surface area contributed by atoms with Crippen LogP contribution in [0.5, 0.6) is 0 Å². The van der Waals surface area contributed by atoms with Crippen LogP contribution in [0.3, 0.4) is 0 Å². The lowest BCUT2D eigenvalue weighted by atomic mass is 10.1. The molecule has 5 heteroatoms. The summed E-state index contributed by atoms with van der Waals surface area (Å²) in [6.45, 7) is 0. The summed E-state index contributed by atoms with van der Waals surface area (Å²) in [5.74, 6) is -0.432. The van der Waals surface area contributed by atoms with E-state index in [9.17, 15) is 4.79 Å². The minimum Gasteiger partial charge on any atom is -0.464 e. The lowest BCUT2D eigenvalue weighted by molar-refractivity contribution is 0.0590. The molecule has 0 aliphatic heterocycles. The van der Waals surface area contributed by atoms with E-state index in [1.807, 2.05) is 42.5 Å². The molecule has 0 bridgehead atoms. The van der Waals surface area contributed by atoms with Crippen LogP contribution in [0, 0.1) is 0 Å². The third-order valence-electron chi connectivity index (χ3n) is 3.31. The molecule has 1 heterocycles. The predicted octanol–water partition coefficient (Wildman–Crippen LogP) is 2.91. The molecule has 0 spiro atoms. The zero-order valence-electron chi connectivity index (χ0n) is 12.1. The second-order valence-electron chi connectivity index (χ2n) is 4.78. The third kappa shape index (κ3) is 2.56. The average Bonchev–Trinajstić information content (AvgIpc) is 3.01. The Labute approximate surface area is 127 Å². The Morgan fingerprint density at radius 3 is 2.41 bits per heavy atom. The molecule has 0 aliphatic carbocycles. The number of aromatic nitrogens is 2. The van der Waals surface area contributed by atoms with Crippen LogP contribution in [0.1, 0.15) is 10.5 Å². The van der Waals surface area contributed by atoms with Gasteiger partial charge in [0.15, 0.2) is 5.69 Å². The summed E-state index contributed by atoms with van der Waals surface area (Å²) in [6.07, 6.45) is 0. The molecule has 0 unspecified atom stereocenters. The molecule has 5 nitrogen and oxygen atoms in total. The standard InChI is InChI=1S/C17H15N3O2/c1-22-17(21)16-11-15(12-7-9-13(18)10-8-12)19-20(16)14-5-3-2-4-6-14/h2-11H,18H2,1H3. The van der Waals surface area contributed by atoms with Gasteiger partial charge in [-0.1, -0.05) is 30.3 Å². The van der Waals surface area contributed by atoms with Crippen molar-refractivity contribution in [2.24, 2.45) is 0 Å². The van der Waals surface area contributed by atoms with Crippen LogP contribution in [-0.4, -0.2) is 22.9 Å². The van der Waals surface area contributed by atoms with Gasteiger partial charge in [-0.25, -0.2) is 9.48 Å². The zero-order valence-corrected chi connectivity index (χ0v) is 12.1. The van der Waals surface area contributed by atoms with E-state index in [2.05, 4.69) is 5.10 Å². The number of hydrogen-bond acceptors (Lipinski definition) is 4. The summed E-state index contributed by atoms with van der Waals surface area (Å²) in [7, 11) is 1.35. The summed E-state index contributed by atoms with van der Waals surface area (Å²) in [4.78, 5) is 12.0. The van der Waals surface area contributed by atoms with Crippen molar-refractivity contribution >= 4 is 11.7 Å². The molecular formula is C17H15N3O2. The molecule has 110 valence electrons. The molecule has 0 fully saturated rings. The van der Waals surface area contributed by atoms with Gasteiger partial charge in [0, 0.05) is 11.3 Å². The van der Waals surface area contributed by atoms with Crippen molar-refractivity contribution in [2.45, 2.75) is 0 Å². The second kappa shape index (κ2) is 5.73. The molecule has 3 aromatic rings. The highest BCUT2D eigenvalue weighted by atomic mass is 16.5. The smallest absolute Gasteiger partial charge is 0.356 e. The Morgan fingerprint density at radius 1 is 1.09 bits per heavy atom. The number of carbonyl (C=O) groups is 1. The first-order chi connectivity index (χ1) is 10.7. The number of methoxy groups -OCH3 is 1. The lowest BCUT2D eigenvalue weighted by Gasteiger charge is -2.05. The molecular weight excluding hydrogens is 278 g/mol. The first kappa shape index (κ1) is 13.9. The maximum Gasteiger partial charge on any atom is 0.356 e. The van der Waals surface area contributed by atoms with Crippen LogP contribution >= 0.6 is 0 Å². The quantitative estimate of drug-likeness (QED) is 0.595. The first-order valence-corrected chi connectivity index (χ1v) is 6.79. The van der Waals surface area contributed by atoms with Crippen molar-refractivity contribution in [3.63, 3.8) is 0 Å². The summed E-state index contributed by atoms with van der Waals surface area (Å²) in [5.41, 5.74) is 9.12. The van der Waals surface area contributed by atoms with Gasteiger partial charge in [0.1, 0.15) is 0 Å². The van der Waals surface area contributed by atoms with Gasteiger partial charge in [0.25, 0.3) is 0 Å². The first-order valence-electron chi connectivity index (χ1n) is 6.79. The maximum atomic E-state index is 12.0. The highest BCUT2D eigenvalue weighted by molar-refractivity contribution is 5.89. The fourth-order valence-electron chi connectivity index (χ4n) is 2.19. The molecule has 0 atom stereocenters. The highest BCUT2D eigenvalue weighted by Crippen LogP contribution is 2.23. The second-order valence-corrected chi connectivity index (χ2v) is 4.78. The molecule has 3 rings (SSSR count). The van der Waals surface area contributed by atoms with Gasteiger partial charge in [-0.2, -0.15) is 5.10 Å². The number of esters is 1. The van der Waals surface area contributed by atoms with E-state index >= 15 is 0 Å². The van der Waals surface area contributed by atoms with Crippen LogP contribution in [-0.2, 0) is 4.74 Å². The Morgan fingerprint density at radius 2 is 1.77 bits per heavy atom. The summed E-state index contributed by atoms with van der Waals surface area (Å²) < 4.78 is 6.43. The number of nitrogen functional groups attached to an aromatic ring is 1. The number of para-hydroxylation sites is 1. The van der Waals surface area contributed by atoms with Gasteiger partial charge >= 0.3 is 5.97 Å². The lowest BCUT2D eigenvalue weighted by Crippen LogP contribution is -2.09. The number of carbonyl (C=O) groups excluding carboxylic acids is 1. The largest absolute Gasteiger partial charge is 0.464 e. The number of hydrogen-bond donors (Lipinski definition) is 1. The van der Waals surface area contributed by atoms with Crippen molar-refractivity contribution in [3.8, 4) is 16.9 Å². The number of rotatable bonds is 3. The minimum atomic E-state index is -0.432. The summed E-state index contributed by atoms with van der Waals surface area (Å²) >= 11 is 0. The van der Waals surface area contributed by atoms with Gasteiger partial charge in [0.05, 0.1) is 18.5 Å². The van der Waals surface area contributed by atoms with Crippen molar-refractivity contribution in [1.29, 1.82) is 0 Å². The third-order valence-corrected chi connectivity index (χ3v) is 3.31. The summed E-state index contributed by atoms with van der Waals surface area (Å²) in [6, 6.07) is 18.5. The molecule has 0 amide bonds. The van der Waals surface area contributed by atoms with E-state index in [4.69, 9.17) is 10.5 Å². The molecule has 0 saturated carbocycles. The number of ether oxygens (including phenoxy) is 1. The molecule has 2 N–H and O–H groups in total. The molecule has 1 aromatic heterocycles. The average molecular weight is 293 g/mol. The van der Waals surface area contributed by atoms with E-state index in [0.29, 0.717) is 17.1 Å². The SMILES string of the molecule is COC(=O)c1cc(-c2ccc(N)cc2)nn1-c1ccccc1. The Balaban J connectivity index is 2.13. The van der Waals surface area contributed by atoms with E-state index in [-0.39, 0.29) is 0 Å². The van der Waals surface area contributed by atoms with Gasteiger partial charge in [-0.05, 0) is 30.3 Å². The van der Waals surface area contributed by atoms with Gasteiger partial charge in [0.2, 0.25) is 0 Å². The van der Waals surface area contributed by atoms with Gasteiger partial charge in [-0.3, -0.25) is 0 Å². The summed E-state index contributed by atoms with van der Waals surface area (Å²) in [5, 5.41) is 4.52. The molecule has 2 aromatic carbocycles. The van der Waals surface area contributed by atoms with Crippen LogP contribution in [0.4, 0.5) is 5.69 Å². The van der Waals surface area contributed by atoms with E-state index in [1.54, 1.807) is 22.9 Å². The van der Waals surface area contributed by atoms with Crippen LogP contribution in [0.15, 0.2) is 60.7 Å². The Bertz CT molecular complexity index is 793. The molecule has 22 heavy (non-hydrogen) atoms. The van der Waals surface area contributed by atoms with Crippen molar-refractivity contribution < 1.29 is 9.53 Å². The fraction of sp³-hybridized carbons (Fsp3) is 0.0588. The van der Waals surface area contributed by atoms with Gasteiger partial charge < -0.3 is 10.5 Å². The van der Waals surface area contributed by atoms with Crippen LogP contribution in [0.25, 0.3) is 16.9 Å². The van der Waals surface area contributed by atoms with Crippen LogP contribution < -0.4 is 5.73 Å². The molecule has 0 saturated heterocycles. The van der Waals surface area contributed by atoms with E-state index < -0.39 is 5.97 Å². The predicted molar refractivity (Wildman–Crippen MR) is 84.8 cm³/mol. The van der Waals surface area contributed by atoms with E-state index in [1.165, 1.54) is 7.11 Å². The zero-order chi connectivity index (χ0) is 15.5. The Hall–Kier alpha value is -3.08. The minimum absolute atomic E-state index is 0.375. The van der Waals surface area contributed by atoms with Crippen LogP contribution in [0.2, 0.25) is 0 Å². The maximum absolute atomic E-state index is 12.0. The monoisotopic (exact) mass is 293 g/mol. The highest BCUT2D eigenvalue weighted by Gasteiger charge is 2.17. The van der Waals surface area contributed by atoms with Crippen molar-refractivity contribution in [3.05, 3.63) is 66.4 Å². The van der Waals surface area contributed by atoms with Gasteiger partial charge in [-0.15, -0.1) is 0 Å². The van der Waals surface area contributed by atoms with E-state index in [0.717, 1.165) is 11.3 Å². The van der Waals surface area contributed by atoms with Crippen molar-refractivity contribution in [1.82, 2.24) is 9.78 Å². The number of benzene rings is 2. The number of anilines is 1. The normalized spacial score (nSPS) is 10.4.